The highest BCUT2D eigenvalue weighted by molar-refractivity contribution is 6.18. The van der Waals surface area contributed by atoms with Gasteiger partial charge in [-0.15, -0.1) is 11.6 Å². The molecule has 1 aromatic carbocycles. The molecule has 94 valence electrons. The average Bonchev–Trinajstić information content (AvgIpc) is 2.36. The summed E-state index contributed by atoms with van der Waals surface area (Å²) in [6, 6.07) is 4.21. The van der Waals surface area contributed by atoms with Crippen LogP contribution >= 0.6 is 11.6 Å². The Bertz CT molecular complexity index is 537. The second-order valence-electron chi connectivity index (χ2n) is 3.21. The first-order chi connectivity index (χ1) is 8.56. The number of nitro groups is 1. The molecule has 0 atom stereocenters. The highest BCUT2D eigenvalue weighted by Gasteiger charge is 2.26. The van der Waals surface area contributed by atoms with Crippen LogP contribution in [0.4, 0.5) is 5.69 Å². The van der Waals surface area contributed by atoms with Gasteiger partial charge in [-0.3, -0.25) is 10.1 Å². The summed E-state index contributed by atoms with van der Waals surface area (Å²) in [5.74, 6) is -0.944. The van der Waals surface area contributed by atoms with Gasteiger partial charge in [-0.25, -0.2) is 4.79 Å². The molecule has 18 heavy (non-hydrogen) atoms. The van der Waals surface area contributed by atoms with E-state index in [0.717, 1.165) is 0 Å². The lowest BCUT2D eigenvalue weighted by Crippen LogP contribution is -2.10. The molecular weight excluding hydrogens is 260 g/mol. The fraction of sp³-hybridized carbons (Fsp3) is 0.273. The van der Waals surface area contributed by atoms with Gasteiger partial charge in [0.15, 0.2) is 0 Å². The van der Waals surface area contributed by atoms with Gasteiger partial charge in [0, 0.05) is 0 Å². The molecule has 0 radical (unpaired) electrons. The number of nitrogens with zero attached hydrogens (tertiary/aromatic N) is 2. The summed E-state index contributed by atoms with van der Waals surface area (Å²) in [6.07, 6.45) is 0. The van der Waals surface area contributed by atoms with Crippen molar-refractivity contribution in [3.63, 3.8) is 0 Å². The molecule has 0 unspecified atom stereocenters. The Morgan fingerprint density at radius 3 is 2.72 bits per heavy atom. The lowest BCUT2D eigenvalue weighted by molar-refractivity contribution is -0.385. The highest BCUT2D eigenvalue weighted by atomic mass is 35.5. The lowest BCUT2D eigenvalue weighted by Gasteiger charge is -2.07. The van der Waals surface area contributed by atoms with E-state index in [0.29, 0.717) is 0 Å². The molecule has 0 aliphatic heterocycles. The molecule has 0 saturated carbocycles. The van der Waals surface area contributed by atoms with Gasteiger partial charge in [-0.2, -0.15) is 5.26 Å². The second kappa shape index (κ2) is 5.98. The van der Waals surface area contributed by atoms with Gasteiger partial charge in [0.2, 0.25) is 0 Å². The third-order valence-electron chi connectivity index (χ3n) is 2.21. The molecule has 6 nitrogen and oxygen atoms in total. The average molecular weight is 269 g/mol. The maximum Gasteiger partial charge on any atom is 0.338 e. The van der Waals surface area contributed by atoms with E-state index in [-0.39, 0.29) is 29.2 Å². The van der Waals surface area contributed by atoms with Gasteiger partial charge in [0.1, 0.15) is 11.6 Å². The molecular formula is C11H9ClN2O4. The molecule has 0 saturated heterocycles. The predicted molar refractivity (Wildman–Crippen MR) is 63.3 cm³/mol. The third-order valence-corrected chi connectivity index (χ3v) is 2.48. The molecule has 0 amide bonds. The van der Waals surface area contributed by atoms with Crippen molar-refractivity contribution < 1.29 is 14.5 Å². The van der Waals surface area contributed by atoms with E-state index in [9.17, 15) is 14.9 Å². The van der Waals surface area contributed by atoms with Gasteiger partial charge >= 0.3 is 5.97 Å². The standard InChI is InChI=1S/C11H9ClN2O4/c1-2-18-11(15)8-4-3-7(6-13)10(14(16)17)9(8)5-12/h3-4H,2,5H2,1H3. The minimum absolute atomic E-state index is 0.000772. The normalized spacial score (nSPS) is 9.61. The van der Waals surface area contributed by atoms with Crippen molar-refractivity contribution >= 4 is 23.3 Å². The largest absolute Gasteiger partial charge is 0.462 e. The van der Waals surface area contributed by atoms with Crippen molar-refractivity contribution in [1.82, 2.24) is 0 Å². The fourth-order valence-electron chi connectivity index (χ4n) is 1.47. The van der Waals surface area contributed by atoms with Crippen molar-refractivity contribution in [2.75, 3.05) is 6.61 Å². The van der Waals surface area contributed by atoms with Crippen LogP contribution in [-0.2, 0) is 10.6 Å². The summed E-state index contributed by atoms with van der Waals surface area (Å²) in [7, 11) is 0. The number of benzene rings is 1. The molecule has 0 heterocycles. The predicted octanol–water partition coefficient (Wildman–Crippen LogP) is 2.38. The second-order valence-corrected chi connectivity index (χ2v) is 3.48. The minimum Gasteiger partial charge on any atom is -0.462 e. The molecule has 0 N–H and O–H groups in total. The first kappa shape index (κ1) is 13.9. The first-order valence-corrected chi connectivity index (χ1v) is 5.53. The SMILES string of the molecule is CCOC(=O)c1ccc(C#N)c([N+](=O)[O-])c1CCl. The van der Waals surface area contributed by atoms with Crippen LogP contribution in [0.1, 0.15) is 28.4 Å². The number of hydrogen-bond acceptors (Lipinski definition) is 5. The molecule has 0 fully saturated rings. The Hall–Kier alpha value is -2.13. The fourth-order valence-corrected chi connectivity index (χ4v) is 1.74. The smallest absolute Gasteiger partial charge is 0.338 e. The number of ether oxygens (including phenoxy) is 1. The Labute approximate surface area is 108 Å². The van der Waals surface area contributed by atoms with Crippen LogP contribution < -0.4 is 0 Å². The quantitative estimate of drug-likeness (QED) is 0.362. The summed E-state index contributed by atoms with van der Waals surface area (Å²) >= 11 is 5.63. The molecule has 0 aliphatic rings. The zero-order chi connectivity index (χ0) is 13.7. The van der Waals surface area contributed by atoms with Gasteiger partial charge in [0.25, 0.3) is 5.69 Å². The number of carbonyl (C=O) groups excluding carboxylic acids is 1. The summed E-state index contributed by atoms with van der Waals surface area (Å²) in [5.41, 5.74) is -0.571. The van der Waals surface area contributed by atoms with Gasteiger partial charge in [-0.05, 0) is 19.1 Å². The first-order valence-electron chi connectivity index (χ1n) is 5.00. The van der Waals surface area contributed by atoms with Crippen molar-refractivity contribution in [2.45, 2.75) is 12.8 Å². The molecule has 0 spiro atoms. The molecule has 1 aromatic rings. The maximum absolute atomic E-state index is 11.6. The number of esters is 1. The summed E-state index contributed by atoms with van der Waals surface area (Å²) < 4.78 is 4.78. The van der Waals surface area contributed by atoms with Crippen LogP contribution in [0.25, 0.3) is 0 Å². The Kier molecular flexibility index (Phi) is 4.63. The van der Waals surface area contributed by atoms with E-state index in [4.69, 9.17) is 21.6 Å². The number of halogens is 1. The lowest BCUT2D eigenvalue weighted by atomic mass is 10.0. The van der Waals surface area contributed by atoms with Crippen molar-refractivity contribution in [2.24, 2.45) is 0 Å². The number of alkyl halides is 1. The summed E-state index contributed by atoms with van der Waals surface area (Å²) in [5, 5.41) is 19.7. The van der Waals surface area contributed by atoms with Crippen LogP contribution in [0.2, 0.25) is 0 Å². The monoisotopic (exact) mass is 268 g/mol. The van der Waals surface area contributed by atoms with Crippen molar-refractivity contribution in [3.8, 4) is 6.07 Å². The Morgan fingerprint density at radius 1 is 1.61 bits per heavy atom. The summed E-state index contributed by atoms with van der Waals surface area (Å²) in [4.78, 5) is 21.8. The third kappa shape index (κ3) is 2.57. The number of hydrogen-bond donors (Lipinski definition) is 0. The van der Waals surface area contributed by atoms with E-state index in [1.165, 1.54) is 12.1 Å². The number of nitro benzene ring substituents is 1. The van der Waals surface area contributed by atoms with Crippen LogP contribution in [0.5, 0.6) is 0 Å². The van der Waals surface area contributed by atoms with Gasteiger partial charge < -0.3 is 4.74 Å². The van der Waals surface area contributed by atoms with E-state index >= 15 is 0 Å². The molecule has 1 rings (SSSR count). The van der Waals surface area contributed by atoms with Crippen LogP contribution in [0.3, 0.4) is 0 Å². The maximum atomic E-state index is 11.6. The Morgan fingerprint density at radius 2 is 2.28 bits per heavy atom. The minimum atomic E-state index is -0.723. The molecule has 0 aromatic heterocycles. The van der Waals surface area contributed by atoms with E-state index < -0.39 is 16.6 Å². The summed E-state index contributed by atoms with van der Waals surface area (Å²) in [6.45, 7) is 1.77. The number of nitriles is 1. The van der Waals surface area contributed by atoms with E-state index in [1.54, 1.807) is 13.0 Å². The van der Waals surface area contributed by atoms with Gasteiger partial charge in [0.05, 0.1) is 28.5 Å². The van der Waals surface area contributed by atoms with Crippen LogP contribution in [0.15, 0.2) is 12.1 Å². The Balaban J connectivity index is 3.48. The number of rotatable bonds is 4. The van der Waals surface area contributed by atoms with E-state index in [1.807, 2.05) is 0 Å². The van der Waals surface area contributed by atoms with E-state index in [2.05, 4.69) is 0 Å². The number of carbonyl (C=O) groups is 1. The molecule has 0 aliphatic carbocycles. The van der Waals surface area contributed by atoms with Crippen molar-refractivity contribution in [1.29, 1.82) is 5.26 Å². The van der Waals surface area contributed by atoms with Gasteiger partial charge in [-0.1, -0.05) is 0 Å². The molecule has 7 heteroatoms. The van der Waals surface area contributed by atoms with Crippen LogP contribution in [-0.4, -0.2) is 17.5 Å². The van der Waals surface area contributed by atoms with Crippen LogP contribution in [0, 0.1) is 21.4 Å². The molecule has 0 bridgehead atoms. The highest BCUT2D eigenvalue weighted by Crippen LogP contribution is 2.28. The topological polar surface area (TPSA) is 93.2 Å². The van der Waals surface area contributed by atoms with Crippen molar-refractivity contribution in [3.05, 3.63) is 38.9 Å². The zero-order valence-corrected chi connectivity index (χ0v) is 10.2. The zero-order valence-electron chi connectivity index (χ0n) is 9.47.